The van der Waals surface area contributed by atoms with E-state index in [0.717, 1.165) is 33.8 Å². The van der Waals surface area contributed by atoms with Crippen LogP contribution in [0.5, 0.6) is 0 Å². The van der Waals surface area contributed by atoms with E-state index in [9.17, 15) is 0 Å². The lowest BCUT2D eigenvalue weighted by atomic mass is 9.98. The zero-order chi connectivity index (χ0) is 30.9. The first-order valence-electron chi connectivity index (χ1n) is 16.0. The van der Waals surface area contributed by atoms with Gasteiger partial charge in [0.1, 0.15) is 0 Å². The molecule has 7 aromatic carbocycles. The Morgan fingerprint density at radius 1 is 0.404 bits per heavy atom. The third-order valence-corrected chi connectivity index (χ3v) is 9.53. The number of hydrogen-bond acceptors (Lipinski definition) is 2. The average molecular weight is 598 g/mol. The van der Waals surface area contributed by atoms with E-state index in [1.807, 2.05) is 24.3 Å². The first kappa shape index (κ1) is 26.0. The Labute approximate surface area is 272 Å². The number of rotatable bonds is 4. The second-order valence-corrected chi connectivity index (χ2v) is 12.2. The zero-order valence-corrected chi connectivity index (χ0v) is 25.4. The normalized spacial score (nSPS) is 11.8. The summed E-state index contributed by atoms with van der Waals surface area (Å²) in [5.41, 5.74) is 13.7. The van der Waals surface area contributed by atoms with Crippen molar-refractivity contribution in [2.75, 3.05) is 0 Å². The van der Waals surface area contributed by atoms with E-state index in [0.29, 0.717) is 5.82 Å². The van der Waals surface area contributed by atoms with Gasteiger partial charge in [-0.2, -0.15) is 0 Å². The Kier molecular flexibility index (Phi) is 5.57. The molecule has 10 rings (SSSR count). The highest BCUT2D eigenvalue weighted by molar-refractivity contribution is 6.26. The molecule has 0 saturated heterocycles. The molecule has 0 fully saturated rings. The molecule has 0 unspecified atom stereocenters. The monoisotopic (exact) mass is 597 g/mol. The second kappa shape index (κ2) is 10.1. The van der Waals surface area contributed by atoms with Crippen LogP contribution in [-0.4, -0.2) is 14.5 Å². The van der Waals surface area contributed by atoms with Gasteiger partial charge in [-0.1, -0.05) is 133 Å². The third kappa shape index (κ3) is 3.93. The van der Waals surface area contributed by atoms with Crippen molar-refractivity contribution in [3.05, 3.63) is 164 Å². The molecular formula is C44H27N3. The summed E-state index contributed by atoms with van der Waals surface area (Å²) < 4.78 is 2.41. The van der Waals surface area contributed by atoms with Crippen LogP contribution in [0.15, 0.2) is 164 Å². The van der Waals surface area contributed by atoms with Gasteiger partial charge in [-0.05, 0) is 57.8 Å². The lowest BCUT2D eigenvalue weighted by molar-refractivity contribution is 1.16. The zero-order valence-electron chi connectivity index (χ0n) is 25.4. The number of hydrogen-bond donors (Lipinski definition) is 0. The minimum Gasteiger partial charge on any atom is -0.309 e. The molecule has 0 bridgehead atoms. The summed E-state index contributed by atoms with van der Waals surface area (Å²) in [5.74, 6) is 0.716. The summed E-state index contributed by atoms with van der Waals surface area (Å²) in [6.45, 7) is 0. The molecule has 218 valence electrons. The molecule has 0 atom stereocenters. The van der Waals surface area contributed by atoms with Gasteiger partial charge in [0, 0.05) is 38.7 Å². The number of para-hydroxylation sites is 1. The van der Waals surface area contributed by atoms with Crippen LogP contribution >= 0.6 is 0 Å². The van der Waals surface area contributed by atoms with Crippen LogP contribution in [0.25, 0.3) is 94.4 Å². The van der Waals surface area contributed by atoms with Crippen LogP contribution in [0.4, 0.5) is 0 Å². The highest BCUT2D eigenvalue weighted by Crippen LogP contribution is 2.52. The SMILES string of the molecule is c1ccc(-c2cc(-c3cccc(-n4c5ccccc5c5c6c(ccc54)-c4cccc5cccc-6c45)c3)nc(-c3ccccc3)n2)cc1. The molecule has 1 aliphatic rings. The predicted molar refractivity (Wildman–Crippen MR) is 195 cm³/mol. The summed E-state index contributed by atoms with van der Waals surface area (Å²) >= 11 is 0. The molecule has 2 heterocycles. The highest BCUT2D eigenvalue weighted by Gasteiger charge is 2.26. The van der Waals surface area contributed by atoms with Crippen molar-refractivity contribution in [2.45, 2.75) is 0 Å². The van der Waals surface area contributed by atoms with Gasteiger partial charge in [0.25, 0.3) is 0 Å². The Bertz CT molecular complexity index is 2610. The second-order valence-electron chi connectivity index (χ2n) is 12.2. The van der Waals surface area contributed by atoms with Gasteiger partial charge in [0.2, 0.25) is 0 Å². The van der Waals surface area contributed by atoms with E-state index in [2.05, 4.69) is 144 Å². The summed E-state index contributed by atoms with van der Waals surface area (Å²) in [5, 5.41) is 5.19. The van der Waals surface area contributed by atoms with E-state index >= 15 is 0 Å². The minimum atomic E-state index is 0.716. The Hall–Kier alpha value is -6.32. The van der Waals surface area contributed by atoms with E-state index in [4.69, 9.17) is 9.97 Å². The van der Waals surface area contributed by atoms with Crippen molar-refractivity contribution >= 4 is 32.6 Å². The summed E-state index contributed by atoms with van der Waals surface area (Å²) in [6, 6.07) is 58.2. The summed E-state index contributed by atoms with van der Waals surface area (Å²) in [7, 11) is 0. The smallest absolute Gasteiger partial charge is 0.160 e. The van der Waals surface area contributed by atoms with Crippen molar-refractivity contribution in [1.29, 1.82) is 0 Å². The molecule has 2 aromatic heterocycles. The maximum atomic E-state index is 5.12. The molecular weight excluding hydrogens is 571 g/mol. The molecule has 1 aliphatic carbocycles. The van der Waals surface area contributed by atoms with Crippen LogP contribution in [0.2, 0.25) is 0 Å². The minimum absolute atomic E-state index is 0.716. The van der Waals surface area contributed by atoms with Crippen LogP contribution in [0.3, 0.4) is 0 Å². The molecule has 0 N–H and O–H groups in total. The van der Waals surface area contributed by atoms with Crippen molar-refractivity contribution < 1.29 is 0 Å². The summed E-state index contributed by atoms with van der Waals surface area (Å²) in [6.07, 6.45) is 0. The summed E-state index contributed by atoms with van der Waals surface area (Å²) in [4.78, 5) is 10.1. The van der Waals surface area contributed by atoms with E-state index in [1.165, 1.54) is 54.8 Å². The fourth-order valence-corrected chi connectivity index (χ4v) is 7.49. The van der Waals surface area contributed by atoms with Gasteiger partial charge in [0.15, 0.2) is 5.82 Å². The van der Waals surface area contributed by atoms with E-state index in [1.54, 1.807) is 0 Å². The quantitative estimate of drug-likeness (QED) is 0.202. The van der Waals surface area contributed by atoms with Gasteiger partial charge in [-0.15, -0.1) is 0 Å². The Morgan fingerprint density at radius 2 is 1.06 bits per heavy atom. The molecule has 0 spiro atoms. The van der Waals surface area contributed by atoms with Crippen molar-refractivity contribution in [2.24, 2.45) is 0 Å². The standard InChI is InChI=1S/C44H27N3/c1-3-12-28(13-4-1)37-27-38(46-44(45-37)30-14-5-2-6-15-30)31-18-9-19-32(26-31)47-39-23-8-7-20-35(39)43-40(47)25-24-34-33-21-10-16-29-17-11-22-36(41(29)33)42(34)43/h1-27H. The molecule has 9 aromatic rings. The number of benzene rings is 7. The van der Waals surface area contributed by atoms with E-state index in [-0.39, 0.29) is 0 Å². The lowest BCUT2D eigenvalue weighted by Crippen LogP contribution is -1.98. The van der Waals surface area contributed by atoms with Gasteiger partial charge >= 0.3 is 0 Å². The highest BCUT2D eigenvalue weighted by atomic mass is 15.0. The molecule has 0 aliphatic heterocycles. The van der Waals surface area contributed by atoms with Crippen molar-refractivity contribution in [3.8, 4) is 61.8 Å². The molecule has 0 saturated carbocycles. The van der Waals surface area contributed by atoms with Gasteiger partial charge < -0.3 is 4.57 Å². The van der Waals surface area contributed by atoms with Crippen LogP contribution in [-0.2, 0) is 0 Å². The molecule has 47 heavy (non-hydrogen) atoms. The Morgan fingerprint density at radius 3 is 1.87 bits per heavy atom. The molecule has 0 amide bonds. The van der Waals surface area contributed by atoms with Crippen molar-refractivity contribution in [1.82, 2.24) is 14.5 Å². The molecule has 3 nitrogen and oxygen atoms in total. The first-order valence-corrected chi connectivity index (χ1v) is 16.0. The van der Waals surface area contributed by atoms with Crippen LogP contribution < -0.4 is 0 Å². The molecule has 0 radical (unpaired) electrons. The third-order valence-electron chi connectivity index (χ3n) is 9.53. The predicted octanol–water partition coefficient (Wildman–Crippen LogP) is 11.4. The van der Waals surface area contributed by atoms with Gasteiger partial charge in [-0.3, -0.25) is 0 Å². The first-order chi connectivity index (χ1) is 23.3. The maximum absolute atomic E-state index is 5.12. The maximum Gasteiger partial charge on any atom is 0.160 e. The van der Waals surface area contributed by atoms with Gasteiger partial charge in [-0.25, -0.2) is 9.97 Å². The lowest BCUT2D eigenvalue weighted by Gasteiger charge is -2.12. The molecule has 3 heteroatoms. The number of aromatic nitrogens is 3. The van der Waals surface area contributed by atoms with Crippen LogP contribution in [0.1, 0.15) is 0 Å². The van der Waals surface area contributed by atoms with E-state index < -0.39 is 0 Å². The van der Waals surface area contributed by atoms with Crippen LogP contribution in [0, 0.1) is 0 Å². The van der Waals surface area contributed by atoms with Crippen molar-refractivity contribution in [3.63, 3.8) is 0 Å². The fourth-order valence-electron chi connectivity index (χ4n) is 7.49. The topological polar surface area (TPSA) is 30.7 Å². The fraction of sp³-hybridized carbons (Fsp3) is 0. The number of nitrogens with zero attached hydrogens (tertiary/aromatic N) is 3. The largest absolute Gasteiger partial charge is 0.309 e. The Balaban J connectivity index is 1.20. The number of fused-ring (bicyclic) bond motifs is 7. The van der Waals surface area contributed by atoms with Gasteiger partial charge in [0.05, 0.1) is 22.4 Å². The average Bonchev–Trinajstić information content (AvgIpc) is 3.66.